The molecule has 3 rings (SSSR count). The van der Waals surface area contributed by atoms with Gasteiger partial charge in [0.15, 0.2) is 12.1 Å². The maximum absolute atomic E-state index is 11.3. The molecule has 1 heterocycles. The Bertz CT molecular complexity index is 812. The van der Waals surface area contributed by atoms with E-state index < -0.39 is 0 Å². The summed E-state index contributed by atoms with van der Waals surface area (Å²) in [6.07, 6.45) is 0.774. The lowest BCUT2D eigenvalue weighted by Crippen LogP contribution is -2.09. The number of nitrogens with zero attached hydrogens (tertiary/aromatic N) is 2. The van der Waals surface area contributed by atoms with E-state index in [9.17, 15) is 4.79 Å². The van der Waals surface area contributed by atoms with Crippen molar-refractivity contribution in [1.29, 1.82) is 0 Å². The van der Waals surface area contributed by atoms with Crippen molar-refractivity contribution in [1.82, 2.24) is 9.55 Å². The van der Waals surface area contributed by atoms with Crippen LogP contribution in [0.3, 0.4) is 0 Å². The van der Waals surface area contributed by atoms with Gasteiger partial charge in [0.25, 0.3) is 0 Å². The quantitative estimate of drug-likeness (QED) is 0.470. The molecule has 0 bridgehead atoms. The minimum Gasteiger partial charge on any atom is -0.489 e. The largest absolute Gasteiger partial charge is 0.489 e. The zero-order valence-corrected chi connectivity index (χ0v) is 13.6. The van der Waals surface area contributed by atoms with Gasteiger partial charge in [0, 0.05) is 19.2 Å². The Balaban J connectivity index is 1.82. The third-order valence-electron chi connectivity index (χ3n) is 3.77. The average molecular weight is 324 g/mol. The summed E-state index contributed by atoms with van der Waals surface area (Å²) in [7, 11) is 0. The minimum absolute atomic E-state index is 0.407. The van der Waals surface area contributed by atoms with Crippen LogP contribution >= 0.6 is 0 Å². The molecule has 0 aliphatic rings. The molecule has 0 saturated heterocycles. The second-order valence-electron chi connectivity index (χ2n) is 5.36. The fourth-order valence-electron chi connectivity index (χ4n) is 2.58. The molecule has 2 aromatic carbocycles. The van der Waals surface area contributed by atoms with Crippen molar-refractivity contribution < 1.29 is 14.3 Å². The summed E-state index contributed by atoms with van der Waals surface area (Å²) in [6.45, 7) is 4.22. The number of carbonyl (C=O) groups excluding carboxylic acids is 1. The van der Waals surface area contributed by atoms with Gasteiger partial charge < -0.3 is 14.0 Å². The Morgan fingerprint density at radius 2 is 2.00 bits per heavy atom. The van der Waals surface area contributed by atoms with E-state index in [1.165, 1.54) is 0 Å². The van der Waals surface area contributed by atoms with E-state index >= 15 is 0 Å². The molecule has 1 aromatic heterocycles. The van der Waals surface area contributed by atoms with Crippen molar-refractivity contribution in [2.24, 2.45) is 0 Å². The van der Waals surface area contributed by atoms with Crippen LogP contribution in [0.4, 0.5) is 0 Å². The summed E-state index contributed by atoms with van der Waals surface area (Å²) < 4.78 is 13.1. The van der Waals surface area contributed by atoms with E-state index in [1.54, 1.807) is 0 Å². The lowest BCUT2D eigenvalue weighted by atomic mass is 10.2. The molecule has 5 heteroatoms. The zero-order chi connectivity index (χ0) is 16.8. The number of ether oxygens (including phenoxy) is 2. The molecule has 5 nitrogen and oxygen atoms in total. The third-order valence-corrected chi connectivity index (χ3v) is 3.77. The van der Waals surface area contributed by atoms with Crippen LogP contribution in [-0.2, 0) is 17.9 Å². The maximum atomic E-state index is 11.3. The lowest BCUT2D eigenvalue weighted by Gasteiger charge is -2.09. The predicted molar refractivity (Wildman–Crippen MR) is 92.4 cm³/mol. The van der Waals surface area contributed by atoms with Gasteiger partial charge >= 0.3 is 0 Å². The van der Waals surface area contributed by atoms with Crippen molar-refractivity contribution in [3.8, 4) is 5.75 Å². The monoisotopic (exact) mass is 324 g/mol. The lowest BCUT2D eigenvalue weighted by molar-refractivity contribution is 0.110. The van der Waals surface area contributed by atoms with E-state index in [4.69, 9.17) is 9.47 Å². The van der Waals surface area contributed by atoms with Crippen LogP contribution in [0.5, 0.6) is 5.75 Å². The smallest absolute Gasteiger partial charge is 0.185 e. The van der Waals surface area contributed by atoms with E-state index in [0.717, 1.165) is 28.6 Å². The number of imidazole rings is 1. The summed E-state index contributed by atoms with van der Waals surface area (Å²) in [6, 6.07) is 15.7. The molecule has 0 amide bonds. The minimum atomic E-state index is 0.407. The number of aldehydes is 1. The van der Waals surface area contributed by atoms with Gasteiger partial charge in [-0.05, 0) is 24.6 Å². The number of fused-ring (bicyclic) bond motifs is 1. The van der Waals surface area contributed by atoms with Gasteiger partial charge in [0.05, 0.1) is 17.6 Å². The second-order valence-corrected chi connectivity index (χ2v) is 5.36. The molecule has 124 valence electrons. The molecule has 0 saturated carbocycles. The number of benzene rings is 2. The maximum Gasteiger partial charge on any atom is 0.185 e. The number of aromatic nitrogens is 2. The van der Waals surface area contributed by atoms with Gasteiger partial charge in [-0.1, -0.05) is 30.3 Å². The second kappa shape index (κ2) is 7.75. The molecule has 24 heavy (non-hydrogen) atoms. The fourth-order valence-corrected chi connectivity index (χ4v) is 2.58. The highest BCUT2D eigenvalue weighted by atomic mass is 16.5. The molecule has 0 spiro atoms. The van der Waals surface area contributed by atoms with Crippen molar-refractivity contribution in [2.75, 3.05) is 13.2 Å². The fraction of sp³-hybridized carbons (Fsp3) is 0.263. The summed E-state index contributed by atoms with van der Waals surface area (Å²) in [5.41, 5.74) is 2.76. The Morgan fingerprint density at radius 1 is 1.17 bits per heavy atom. The number of carbonyl (C=O) groups is 1. The van der Waals surface area contributed by atoms with Crippen LogP contribution in [0.2, 0.25) is 0 Å². The van der Waals surface area contributed by atoms with Gasteiger partial charge in [-0.25, -0.2) is 4.98 Å². The zero-order valence-electron chi connectivity index (χ0n) is 13.6. The van der Waals surface area contributed by atoms with Crippen LogP contribution in [0.25, 0.3) is 11.0 Å². The van der Waals surface area contributed by atoms with E-state index in [0.29, 0.717) is 32.2 Å². The highest BCUT2D eigenvalue weighted by Gasteiger charge is 2.11. The first-order valence-electron chi connectivity index (χ1n) is 8.01. The molecule has 0 aliphatic heterocycles. The summed E-state index contributed by atoms with van der Waals surface area (Å²) in [5.74, 6) is 1.16. The molecule has 0 fully saturated rings. The third kappa shape index (κ3) is 3.63. The topological polar surface area (TPSA) is 53.4 Å². The van der Waals surface area contributed by atoms with Gasteiger partial charge in [-0.2, -0.15) is 0 Å². The number of hydrogen-bond acceptors (Lipinski definition) is 4. The molecular formula is C19H20N2O3. The van der Waals surface area contributed by atoms with Crippen molar-refractivity contribution in [3.05, 3.63) is 59.9 Å². The van der Waals surface area contributed by atoms with Crippen molar-refractivity contribution >= 4 is 17.3 Å². The van der Waals surface area contributed by atoms with Crippen LogP contribution in [-0.4, -0.2) is 29.1 Å². The van der Waals surface area contributed by atoms with Gasteiger partial charge in [0.2, 0.25) is 0 Å². The van der Waals surface area contributed by atoms with E-state index in [2.05, 4.69) is 4.98 Å². The molecule has 0 N–H and O–H groups in total. The molecule has 0 unspecified atom stereocenters. The van der Waals surface area contributed by atoms with Crippen molar-refractivity contribution in [2.45, 2.75) is 20.1 Å². The molecule has 0 radical (unpaired) electrons. The van der Waals surface area contributed by atoms with Crippen LogP contribution < -0.4 is 4.74 Å². The molecule has 0 aliphatic carbocycles. The molecule has 0 atom stereocenters. The first-order chi connectivity index (χ1) is 11.8. The Morgan fingerprint density at radius 3 is 2.75 bits per heavy atom. The van der Waals surface area contributed by atoms with Gasteiger partial charge in [0.1, 0.15) is 12.4 Å². The average Bonchev–Trinajstić information content (AvgIpc) is 2.98. The van der Waals surface area contributed by atoms with Crippen molar-refractivity contribution in [3.63, 3.8) is 0 Å². The van der Waals surface area contributed by atoms with Crippen LogP contribution in [0.15, 0.2) is 48.5 Å². The normalized spacial score (nSPS) is 10.9. The summed E-state index contributed by atoms with van der Waals surface area (Å²) >= 11 is 0. The van der Waals surface area contributed by atoms with Gasteiger partial charge in [-0.15, -0.1) is 0 Å². The predicted octanol–water partition coefficient (Wildman–Crippen LogP) is 3.46. The standard InChI is InChI=1S/C19H20N2O3/c1-2-23-11-10-21-18-12-16(8-9-17(18)20-19(21)13-22)24-14-15-6-4-3-5-7-15/h3-9,12-13H,2,10-11,14H2,1H3. The Kier molecular flexibility index (Phi) is 5.23. The summed E-state index contributed by atoms with van der Waals surface area (Å²) in [4.78, 5) is 15.6. The molecule has 3 aromatic rings. The number of rotatable bonds is 8. The highest BCUT2D eigenvalue weighted by molar-refractivity contribution is 5.84. The van der Waals surface area contributed by atoms with Crippen LogP contribution in [0.1, 0.15) is 23.1 Å². The van der Waals surface area contributed by atoms with E-state index in [-0.39, 0.29) is 0 Å². The Labute approximate surface area is 140 Å². The van der Waals surface area contributed by atoms with Crippen LogP contribution in [0, 0.1) is 0 Å². The van der Waals surface area contributed by atoms with E-state index in [1.807, 2.05) is 60.0 Å². The first-order valence-corrected chi connectivity index (χ1v) is 8.01. The highest BCUT2D eigenvalue weighted by Crippen LogP contribution is 2.22. The first kappa shape index (κ1) is 16.2. The number of hydrogen-bond donors (Lipinski definition) is 0. The molecular weight excluding hydrogens is 304 g/mol. The SMILES string of the molecule is CCOCCn1c(C=O)nc2ccc(OCc3ccccc3)cc21. The van der Waals surface area contributed by atoms with Gasteiger partial charge in [-0.3, -0.25) is 4.79 Å². The summed E-state index contributed by atoms with van der Waals surface area (Å²) in [5, 5.41) is 0. The Hall–Kier alpha value is -2.66.